The zero-order valence-corrected chi connectivity index (χ0v) is 8.84. The van der Waals surface area contributed by atoms with Crippen LogP contribution in [0.25, 0.3) is 0 Å². The van der Waals surface area contributed by atoms with E-state index in [0.717, 1.165) is 6.42 Å². The summed E-state index contributed by atoms with van der Waals surface area (Å²) in [6.07, 6.45) is 4.45. The van der Waals surface area contributed by atoms with Crippen molar-refractivity contribution in [2.45, 2.75) is 58.5 Å². The lowest BCUT2D eigenvalue weighted by atomic mass is 9.93. The third kappa shape index (κ3) is 1.59. The van der Waals surface area contributed by atoms with Gasteiger partial charge in [0.25, 0.3) is 0 Å². The van der Waals surface area contributed by atoms with Crippen LogP contribution >= 0.6 is 0 Å². The molecule has 1 heterocycles. The van der Waals surface area contributed by atoms with Gasteiger partial charge in [-0.15, -0.1) is 0 Å². The smallest absolute Gasteiger partial charge is 0.223 e. The van der Waals surface area contributed by atoms with Gasteiger partial charge in [0.2, 0.25) is 5.91 Å². The van der Waals surface area contributed by atoms with Crippen molar-refractivity contribution in [3.05, 3.63) is 0 Å². The average Bonchev–Trinajstić information content (AvgIpc) is 2.66. The zero-order valence-electron chi connectivity index (χ0n) is 8.84. The van der Waals surface area contributed by atoms with Crippen molar-refractivity contribution in [3.63, 3.8) is 0 Å². The van der Waals surface area contributed by atoms with Crippen molar-refractivity contribution in [3.8, 4) is 0 Å². The first-order valence-electron chi connectivity index (χ1n) is 5.33. The molecule has 1 amide bonds. The molecule has 13 heavy (non-hydrogen) atoms. The van der Waals surface area contributed by atoms with Crippen LogP contribution in [0.15, 0.2) is 0 Å². The molecule has 2 unspecified atom stereocenters. The third-order valence-electron chi connectivity index (χ3n) is 3.60. The summed E-state index contributed by atoms with van der Waals surface area (Å²) in [6.45, 7) is 6.51. The molecule has 0 spiro atoms. The van der Waals surface area contributed by atoms with E-state index < -0.39 is 0 Å². The van der Waals surface area contributed by atoms with Gasteiger partial charge in [-0.25, -0.2) is 0 Å². The van der Waals surface area contributed by atoms with Crippen molar-refractivity contribution in [1.29, 1.82) is 0 Å². The molecule has 74 valence electrons. The fourth-order valence-corrected chi connectivity index (χ4v) is 2.36. The number of hydrogen-bond donors (Lipinski definition) is 0. The summed E-state index contributed by atoms with van der Waals surface area (Å²) in [4.78, 5) is 13.9. The molecule has 0 aromatic rings. The highest BCUT2D eigenvalue weighted by Gasteiger charge is 2.43. The van der Waals surface area contributed by atoms with Gasteiger partial charge in [0.1, 0.15) is 0 Å². The highest BCUT2D eigenvalue weighted by Crippen LogP contribution is 2.49. The first-order valence-corrected chi connectivity index (χ1v) is 5.33. The Hall–Kier alpha value is -0.530. The number of rotatable bonds is 2. The van der Waals surface area contributed by atoms with Crippen LogP contribution in [0.1, 0.15) is 46.5 Å². The second kappa shape index (κ2) is 2.73. The fraction of sp³-hybridized carbons (Fsp3) is 0.909. The minimum atomic E-state index is 0.367. The van der Waals surface area contributed by atoms with E-state index in [1.165, 1.54) is 19.3 Å². The number of hydrogen-bond acceptors (Lipinski definition) is 1. The van der Waals surface area contributed by atoms with Gasteiger partial charge in [0.15, 0.2) is 0 Å². The van der Waals surface area contributed by atoms with Gasteiger partial charge in [-0.3, -0.25) is 4.79 Å². The van der Waals surface area contributed by atoms with Gasteiger partial charge in [-0.1, -0.05) is 6.92 Å². The molecule has 2 atom stereocenters. The highest BCUT2D eigenvalue weighted by molar-refractivity contribution is 5.78. The van der Waals surface area contributed by atoms with Crippen LogP contribution in [0, 0.1) is 5.41 Å². The van der Waals surface area contributed by atoms with E-state index >= 15 is 0 Å². The quantitative estimate of drug-likeness (QED) is 0.639. The lowest BCUT2D eigenvalue weighted by molar-refractivity contribution is -0.144. The predicted molar refractivity (Wildman–Crippen MR) is 52.3 cm³/mol. The van der Waals surface area contributed by atoms with Gasteiger partial charge in [-0.05, 0) is 38.5 Å². The Kier molecular flexibility index (Phi) is 1.90. The molecule has 1 saturated heterocycles. The molecule has 1 saturated carbocycles. The van der Waals surface area contributed by atoms with E-state index in [-0.39, 0.29) is 0 Å². The van der Waals surface area contributed by atoms with Gasteiger partial charge in [0, 0.05) is 18.5 Å². The lowest BCUT2D eigenvalue weighted by Crippen LogP contribution is -2.56. The van der Waals surface area contributed by atoms with E-state index in [1.807, 2.05) is 0 Å². The molecule has 0 aromatic carbocycles. The molecule has 2 nitrogen and oxygen atoms in total. The van der Waals surface area contributed by atoms with Gasteiger partial charge in [-0.2, -0.15) is 0 Å². The molecule has 0 bridgehead atoms. The first-order chi connectivity index (χ1) is 6.02. The molecule has 2 fully saturated rings. The Balaban J connectivity index is 1.89. The second-order valence-corrected chi connectivity index (χ2v) is 5.22. The third-order valence-corrected chi connectivity index (χ3v) is 3.60. The normalized spacial score (nSPS) is 35.5. The molecule has 2 aliphatic rings. The van der Waals surface area contributed by atoms with Crippen LogP contribution in [0.2, 0.25) is 0 Å². The van der Waals surface area contributed by atoms with E-state index in [9.17, 15) is 4.79 Å². The molecular weight excluding hydrogens is 162 g/mol. The average molecular weight is 181 g/mol. The maximum atomic E-state index is 11.8. The second-order valence-electron chi connectivity index (χ2n) is 5.22. The first kappa shape index (κ1) is 9.04. The minimum Gasteiger partial charge on any atom is -0.337 e. The SMILES string of the molecule is CC1CC(C)N1C(=O)CC1(C)CC1. The number of carbonyl (C=O) groups excluding carboxylic acids is 1. The van der Waals surface area contributed by atoms with E-state index in [0.29, 0.717) is 23.4 Å². The van der Waals surface area contributed by atoms with Gasteiger partial charge < -0.3 is 4.90 Å². The Bertz CT molecular complexity index is 224. The van der Waals surface area contributed by atoms with Crippen LogP contribution in [0.3, 0.4) is 0 Å². The lowest BCUT2D eigenvalue weighted by Gasteiger charge is -2.46. The highest BCUT2D eigenvalue weighted by atomic mass is 16.2. The summed E-state index contributed by atoms with van der Waals surface area (Å²) in [5, 5.41) is 0. The van der Waals surface area contributed by atoms with Crippen LogP contribution in [-0.2, 0) is 4.79 Å². The van der Waals surface area contributed by atoms with Crippen LogP contribution in [-0.4, -0.2) is 22.9 Å². The molecule has 0 aromatic heterocycles. The van der Waals surface area contributed by atoms with Gasteiger partial charge in [0.05, 0.1) is 0 Å². The van der Waals surface area contributed by atoms with E-state index in [2.05, 4.69) is 25.7 Å². The van der Waals surface area contributed by atoms with Crippen molar-refractivity contribution in [1.82, 2.24) is 4.90 Å². The van der Waals surface area contributed by atoms with E-state index in [4.69, 9.17) is 0 Å². The molecule has 2 heteroatoms. The Morgan fingerprint density at radius 2 is 1.92 bits per heavy atom. The maximum absolute atomic E-state index is 11.8. The maximum Gasteiger partial charge on any atom is 0.223 e. The Morgan fingerprint density at radius 3 is 2.31 bits per heavy atom. The van der Waals surface area contributed by atoms with Gasteiger partial charge >= 0.3 is 0 Å². The molecule has 0 radical (unpaired) electrons. The van der Waals surface area contributed by atoms with Crippen LogP contribution in [0.5, 0.6) is 0 Å². The number of amides is 1. The molecule has 0 N–H and O–H groups in total. The van der Waals surface area contributed by atoms with Crippen LogP contribution < -0.4 is 0 Å². The van der Waals surface area contributed by atoms with E-state index in [1.54, 1.807) is 0 Å². The Morgan fingerprint density at radius 1 is 1.38 bits per heavy atom. The standard InChI is InChI=1S/C11H19NO/c1-8-6-9(2)12(8)10(13)7-11(3)4-5-11/h8-9H,4-7H2,1-3H3. The summed E-state index contributed by atoms with van der Waals surface area (Å²) in [6, 6.07) is 0.981. The summed E-state index contributed by atoms with van der Waals surface area (Å²) >= 11 is 0. The fourth-order valence-electron chi connectivity index (χ4n) is 2.36. The minimum absolute atomic E-state index is 0.367. The number of nitrogens with zero attached hydrogens (tertiary/aromatic N) is 1. The zero-order chi connectivity index (χ0) is 9.64. The predicted octanol–water partition coefficient (Wildman–Crippen LogP) is 2.19. The summed E-state index contributed by atoms with van der Waals surface area (Å²) in [5.41, 5.74) is 0.367. The summed E-state index contributed by atoms with van der Waals surface area (Å²) < 4.78 is 0. The molecule has 1 aliphatic carbocycles. The Labute approximate surface area is 80.3 Å². The monoisotopic (exact) mass is 181 g/mol. The molecule has 2 rings (SSSR count). The summed E-state index contributed by atoms with van der Waals surface area (Å²) in [5.74, 6) is 0.381. The number of likely N-dealkylation sites (tertiary alicyclic amines) is 1. The van der Waals surface area contributed by atoms with Crippen LogP contribution in [0.4, 0.5) is 0 Å². The summed E-state index contributed by atoms with van der Waals surface area (Å²) in [7, 11) is 0. The molecular formula is C11H19NO. The largest absolute Gasteiger partial charge is 0.337 e. The van der Waals surface area contributed by atoms with Crippen molar-refractivity contribution in [2.24, 2.45) is 5.41 Å². The topological polar surface area (TPSA) is 20.3 Å². The number of carbonyl (C=O) groups is 1. The van der Waals surface area contributed by atoms with Crippen molar-refractivity contribution in [2.75, 3.05) is 0 Å². The van der Waals surface area contributed by atoms with Crippen molar-refractivity contribution < 1.29 is 4.79 Å². The molecule has 1 aliphatic heterocycles. The van der Waals surface area contributed by atoms with Crippen molar-refractivity contribution >= 4 is 5.91 Å².